The number of amides is 3. The number of nitrogens with one attached hydrogen (secondary N) is 1. The zero-order valence-electron chi connectivity index (χ0n) is 20.3. The Kier molecular flexibility index (Phi) is 6.32. The average molecular weight is 507 g/mol. The summed E-state index contributed by atoms with van der Waals surface area (Å²) in [4.78, 5) is 43.4. The number of carbonyl (C=O) groups is 3. The van der Waals surface area contributed by atoms with E-state index in [0.29, 0.717) is 24.4 Å². The van der Waals surface area contributed by atoms with Crippen LogP contribution in [0.1, 0.15) is 52.2 Å². The maximum absolute atomic E-state index is 12.9. The first-order chi connectivity index (χ1) is 17.4. The molecule has 0 spiro atoms. The maximum atomic E-state index is 12.9. The molecule has 0 radical (unpaired) electrons. The van der Waals surface area contributed by atoms with Gasteiger partial charge in [0.05, 0.1) is 0 Å². The van der Waals surface area contributed by atoms with Crippen LogP contribution in [0.25, 0.3) is 0 Å². The molecule has 188 valence electrons. The molecular weight excluding hydrogens is 476 g/mol. The lowest BCUT2D eigenvalue weighted by molar-refractivity contribution is -0.136. The van der Waals surface area contributed by atoms with E-state index in [4.69, 9.17) is 11.6 Å². The summed E-state index contributed by atoms with van der Waals surface area (Å²) in [5.41, 5.74) is 4.26. The summed E-state index contributed by atoms with van der Waals surface area (Å²) in [7, 11) is 0. The van der Waals surface area contributed by atoms with Crippen LogP contribution >= 0.6 is 11.6 Å². The van der Waals surface area contributed by atoms with Crippen molar-refractivity contribution in [2.75, 3.05) is 32.7 Å². The Morgan fingerprint density at radius 2 is 1.69 bits per heavy atom. The number of rotatable bonds is 6. The second-order valence-electron chi connectivity index (χ2n) is 10.6. The first-order valence-corrected chi connectivity index (χ1v) is 13.3. The van der Waals surface area contributed by atoms with Crippen molar-refractivity contribution in [3.63, 3.8) is 0 Å². The van der Waals surface area contributed by atoms with Gasteiger partial charge in [0.25, 0.3) is 5.91 Å². The van der Waals surface area contributed by atoms with Crippen molar-refractivity contribution in [2.45, 2.75) is 44.3 Å². The lowest BCUT2D eigenvalue weighted by atomic mass is 10.0. The number of hydrogen-bond acceptors (Lipinski definition) is 5. The fourth-order valence-electron chi connectivity index (χ4n) is 6.01. The summed E-state index contributed by atoms with van der Waals surface area (Å²) in [6.45, 7) is 6.70. The van der Waals surface area contributed by atoms with Gasteiger partial charge in [-0.25, -0.2) is 0 Å². The third kappa shape index (κ3) is 4.80. The predicted molar refractivity (Wildman–Crippen MR) is 137 cm³/mol. The Bertz CT molecular complexity index is 1190. The zero-order valence-corrected chi connectivity index (χ0v) is 21.0. The molecule has 1 N–H and O–H groups in total. The average Bonchev–Trinajstić information content (AvgIpc) is 3.55. The van der Waals surface area contributed by atoms with Crippen molar-refractivity contribution in [1.82, 2.24) is 20.0 Å². The van der Waals surface area contributed by atoms with Gasteiger partial charge in [-0.05, 0) is 59.6 Å². The minimum Gasteiger partial charge on any atom is -0.322 e. The van der Waals surface area contributed by atoms with Crippen molar-refractivity contribution in [2.24, 2.45) is 5.92 Å². The van der Waals surface area contributed by atoms with Crippen LogP contribution in [-0.2, 0) is 22.7 Å². The molecule has 0 aromatic heterocycles. The molecule has 7 nitrogen and oxygen atoms in total. The van der Waals surface area contributed by atoms with Crippen molar-refractivity contribution in [3.05, 3.63) is 69.7 Å². The van der Waals surface area contributed by atoms with Crippen LogP contribution in [0, 0.1) is 5.92 Å². The molecule has 3 unspecified atom stereocenters. The van der Waals surface area contributed by atoms with Crippen LogP contribution in [0.4, 0.5) is 0 Å². The van der Waals surface area contributed by atoms with Crippen LogP contribution in [0.15, 0.2) is 42.5 Å². The van der Waals surface area contributed by atoms with Crippen molar-refractivity contribution < 1.29 is 14.4 Å². The summed E-state index contributed by atoms with van der Waals surface area (Å²) in [5.74, 6) is 0.683. The van der Waals surface area contributed by atoms with Crippen LogP contribution in [0.5, 0.6) is 0 Å². The molecule has 3 aliphatic heterocycles. The van der Waals surface area contributed by atoms with E-state index in [1.54, 1.807) is 4.90 Å². The molecule has 3 atom stereocenters. The summed E-state index contributed by atoms with van der Waals surface area (Å²) in [6.07, 6.45) is 1.94. The maximum Gasteiger partial charge on any atom is 0.255 e. The predicted octanol–water partition coefficient (Wildman–Crippen LogP) is 3.02. The Morgan fingerprint density at radius 3 is 2.44 bits per heavy atom. The van der Waals surface area contributed by atoms with E-state index in [1.165, 1.54) is 17.5 Å². The number of hydrogen-bond donors (Lipinski definition) is 1. The highest BCUT2D eigenvalue weighted by molar-refractivity contribution is 6.30. The first-order valence-electron chi connectivity index (χ1n) is 12.9. The van der Waals surface area contributed by atoms with Gasteiger partial charge >= 0.3 is 0 Å². The molecule has 1 aliphatic carbocycles. The quantitative estimate of drug-likeness (QED) is 0.610. The van der Waals surface area contributed by atoms with Gasteiger partial charge in [-0.2, -0.15) is 0 Å². The Hall–Kier alpha value is -2.74. The molecule has 3 fully saturated rings. The summed E-state index contributed by atoms with van der Waals surface area (Å²) >= 11 is 6.03. The molecule has 2 saturated heterocycles. The van der Waals surface area contributed by atoms with Gasteiger partial charge in [0.15, 0.2) is 0 Å². The van der Waals surface area contributed by atoms with Crippen LogP contribution < -0.4 is 5.32 Å². The highest BCUT2D eigenvalue weighted by atomic mass is 35.5. The van der Waals surface area contributed by atoms with E-state index < -0.39 is 6.04 Å². The number of piperazine rings is 1. The van der Waals surface area contributed by atoms with Gasteiger partial charge < -0.3 is 9.80 Å². The lowest BCUT2D eigenvalue weighted by Crippen LogP contribution is -2.52. The molecule has 1 saturated carbocycles. The molecule has 6 rings (SSSR count). The number of carbonyl (C=O) groups excluding carboxylic acids is 3. The van der Waals surface area contributed by atoms with Crippen molar-refractivity contribution >= 4 is 29.3 Å². The van der Waals surface area contributed by atoms with Crippen molar-refractivity contribution in [3.8, 4) is 0 Å². The van der Waals surface area contributed by atoms with Gasteiger partial charge in [-0.15, -0.1) is 0 Å². The molecular formula is C28H31ClN4O3. The molecule has 0 bridgehead atoms. The lowest BCUT2D eigenvalue weighted by Gasteiger charge is -2.35. The number of imide groups is 1. The molecule has 8 heteroatoms. The van der Waals surface area contributed by atoms with E-state index in [0.717, 1.165) is 55.8 Å². The molecule has 2 aromatic carbocycles. The van der Waals surface area contributed by atoms with Crippen LogP contribution in [-0.4, -0.2) is 71.2 Å². The number of piperidine rings is 1. The third-order valence-electron chi connectivity index (χ3n) is 8.17. The number of fused-ring (bicyclic) bond motifs is 1. The van der Waals surface area contributed by atoms with E-state index in [9.17, 15) is 14.4 Å². The van der Waals surface area contributed by atoms with Gasteiger partial charge in [-0.3, -0.25) is 24.6 Å². The van der Waals surface area contributed by atoms with Crippen LogP contribution in [0.3, 0.4) is 0 Å². The Labute approximate surface area is 216 Å². The number of nitrogens with zero attached hydrogens (tertiary/aromatic N) is 3. The normalized spacial score (nSPS) is 26.8. The Balaban J connectivity index is 1.000. The fourth-order valence-corrected chi connectivity index (χ4v) is 6.14. The van der Waals surface area contributed by atoms with Crippen molar-refractivity contribution in [1.29, 1.82) is 0 Å². The smallest absolute Gasteiger partial charge is 0.255 e. The van der Waals surface area contributed by atoms with Gasteiger partial charge in [0.1, 0.15) is 6.04 Å². The molecule has 4 aliphatic rings. The summed E-state index contributed by atoms with van der Waals surface area (Å²) in [6, 6.07) is 13.8. The highest BCUT2D eigenvalue weighted by Gasteiger charge is 2.40. The number of benzene rings is 2. The highest BCUT2D eigenvalue weighted by Crippen LogP contribution is 2.48. The minimum atomic E-state index is -0.565. The standard InChI is InChI=1S/C28H31ClN4O3/c29-22-4-2-19(3-5-22)24-14-21(24)16-32-11-9-31(10-12-32)15-18-1-6-23-20(13-18)17-33(28(23)36)25-7-8-26(34)30-27(25)35/h1-6,13,21,24-25H,7-12,14-17H2,(H,30,34,35). The molecule has 3 heterocycles. The number of halogens is 1. The third-order valence-corrected chi connectivity index (χ3v) is 8.42. The minimum absolute atomic E-state index is 0.114. The summed E-state index contributed by atoms with van der Waals surface area (Å²) < 4.78 is 0. The SMILES string of the molecule is O=C1CCC(N2Cc3cc(CN4CCN(CC5CC5c5ccc(Cl)cc5)CC4)ccc3C2=O)C(=O)N1. The Morgan fingerprint density at radius 1 is 0.944 bits per heavy atom. The van der Waals surface area contributed by atoms with E-state index in [2.05, 4.69) is 33.3 Å². The van der Waals surface area contributed by atoms with Gasteiger partial charge in [0, 0.05) is 62.8 Å². The topological polar surface area (TPSA) is 73.0 Å². The van der Waals surface area contributed by atoms with E-state index >= 15 is 0 Å². The first kappa shape index (κ1) is 23.6. The molecule has 3 amide bonds. The fraction of sp³-hybridized carbons (Fsp3) is 0.464. The molecule has 2 aromatic rings. The van der Waals surface area contributed by atoms with Gasteiger partial charge in [-0.1, -0.05) is 35.9 Å². The molecule has 36 heavy (non-hydrogen) atoms. The van der Waals surface area contributed by atoms with E-state index in [1.807, 2.05) is 24.3 Å². The monoisotopic (exact) mass is 506 g/mol. The summed E-state index contributed by atoms with van der Waals surface area (Å²) in [5, 5.41) is 3.16. The van der Waals surface area contributed by atoms with Crippen LogP contribution in [0.2, 0.25) is 5.02 Å². The van der Waals surface area contributed by atoms with E-state index in [-0.39, 0.29) is 24.1 Å². The second-order valence-corrected chi connectivity index (χ2v) is 11.1. The van der Waals surface area contributed by atoms with Gasteiger partial charge in [0.2, 0.25) is 11.8 Å². The largest absolute Gasteiger partial charge is 0.322 e. The zero-order chi connectivity index (χ0) is 24.8. The second kappa shape index (κ2) is 9.61.